The number of urea groups is 1. The standard InChI is InChI=1S/C21H32ClN3O2/c1-4-7-17(11-10-16(2)3)20(26)23-21(27)25-14-12-24(13-15-25)19-9-6-5-8-18(19)22/h5-6,8-9,16-17H,4,7,10-15H2,1-3H3,(H,23,26,27)/t17-/m0/s1. The molecule has 0 spiro atoms. The number of nitrogens with one attached hydrogen (secondary N) is 1. The van der Waals surface area contributed by atoms with Gasteiger partial charge in [-0.1, -0.05) is 57.3 Å². The first kappa shape index (κ1) is 21.5. The number of carbonyl (C=O) groups is 2. The Balaban J connectivity index is 1.85. The first-order valence-electron chi connectivity index (χ1n) is 10.0. The maximum absolute atomic E-state index is 12.5. The van der Waals surface area contributed by atoms with Crippen LogP contribution in [0.5, 0.6) is 0 Å². The zero-order valence-corrected chi connectivity index (χ0v) is 17.5. The molecule has 1 N–H and O–H groups in total. The van der Waals surface area contributed by atoms with Crippen molar-refractivity contribution in [3.05, 3.63) is 29.3 Å². The highest BCUT2D eigenvalue weighted by molar-refractivity contribution is 6.33. The third kappa shape index (κ3) is 6.42. The Morgan fingerprint density at radius 2 is 1.74 bits per heavy atom. The van der Waals surface area contributed by atoms with Gasteiger partial charge in [0, 0.05) is 32.1 Å². The summed E-state index contributed by atoms with van der Waals surface area (Å²) >= 11 is 6.26. The van der Waals surface area contributed by atoms with Gasteiger partial charge >= 0.3 is 6.03 Å². The number of hydrogen-bond acceptors (Lipinski definition) is 3. The average molecular weight is 394 g/mol. The number of carbonyl (C=O) groups excluding carboxylic acids is 2. The third-order valence-corrected chi connectivity index (χ3v) is 5.41. The molecule has 0 radical (unpaired) electrons. The molecule has 6 heteroatoms. The summed E-state index contributed by atoms with van der Waals surface area (Å²) in [4.78, 5) is 29.0. The summed E-state index contributed by atoms with van der Waals surface area (Å²) in [7, 11) is 0. The first-order valence-corrected chi connectivity index (χ1v) is 10.4. The number of amides is 3. The van der Waals surface area contributed by atoms with Crippen LogP contribution < -0.4 is 10.2 Å². The predicted octanol–water partition coefficient (Wildman–Crippen LogP) is 4.55. The highest BCUT2D eigenvalue weighted by Crippen LogP contribution is 2.26. The van der Waals surface area contributed by atoms with E-state index >= 15 is 0 Å². The highest BCUT2D eigenvalue weighted by atomic mass is 35.5. The topological polar surface area (TPSA) is 52.7 Å². The number of benzene rings is 1. The Morgan fingerprint density at radius 3 is 2.33 bits per heavy atom. The van der Waals surface area contributed by atoms with Crippen LogP contribution in [0.25, 0.3) is 0 Å². The molecular weight excluding hydrogens is 362 g/mol. The van der Waals surface area contributed by atoms with Gasteiger partial charge in [-0.05, 0) is 30.9 Å². The number of anilines is 1. The minimum absolute atomic E-state index is 0.0780. The van der Waals surface area contributed by atoms with Crippen molar-refractivity contribution in [1.82, 2.24) is 10.2 Å². The molecule has 1 aromatic rings. The summed E-state index contributed by atoms with van der Waals surface area (Å²) in [5, 5.41) is 3.35. The Hall–Kier alpha value is -1.75. The Labute approximate surface area is 168 Å². The van der Waals surface area contributed by atoms with Gasteiger partial charge in [0.1, 0.15) is 0 Å². The lowest BCUT2D eigenvalue weighted by molar-refractivity contribution is -0.124. The van der Waals surface area contributed by atoms with Gasteiger partial charge in [-0.25, -0.2) is 4.79 Å². The van der Waals surface area contributed by atoms with E-state index in [0.29, 0.717) is 32.1 Å². The molecule has 0 aliphatic carbocycles. The first-order chi connectivity index (χ1) is 12.9. The summed E-state index contributed by atoms with van der Waals surface area (Å²) in [6.07, 6.45) is 3.61. The Kier molecular flexibility index (Phi) is 8.42. The fourth-order valence-corrected chi connectivity index (χ4v) is 3.69. The predicted molar refractivity (Wildman–Crippen MR) is 111 cm³/mol. The number of rotatable bonds is 7. The summed E-state index contributed by atoms with van der Waals surface area (Å²) in [6.45, 7) is 8.96. The number of para-hydroxylation sites is 1. The van der Waals surface area contributed by atoms with Gasteiger partial charge in [-0.2, -0.15) is 0 Å². The lowest BCUT2D eigenvalue weighted by atomic mass is 9.93. The van der Waals surface area contributed by atoms with Crippen molar-refractivity contribution in [1.29, 1.82) is 0 Å². The van der Waals surface area contributed by atoms with E-state index in [-0.39, 0.29) is 17.9 Å². The minimum Gasteiger partial charge on any atom is -0.367 e. The van der Waals surface area contributed by atoms with Crippen molar-refractivity contribution in [2.45, 2.75) is 46.5 Å². The van der Waals surface area contributed by atoms with Crippen LogP contribution >= 0.6 is 11.6 Å². The second-order valence-electron chi connectivity index (χ2n) is 7.68. The van der Waals surface area contributed by atoms with Crippen molar-refractivity contribution >= 4 is 29.2 Å². The molecule has 27 heavy (non-hydrogen) atoms. The van der Waals surface area contributed by atoms with E-state index in [1.807, 2.05) is 24.3 Å². The summed E-state index contributed by atoms with van der Waals surface area (Å²) in [5.41, 5.74) is 0.993. The molecule has 0 unspecified atom stereocenters. The summed E-state index contributed by atoms with van der Waals surface area (Å²) in [6, 6.07) is 7.46. The van der Waals surface area contributed by atoms with E-state index in [1.54, 1.807) is 4.90 Å². The summed E-state index contributed by atoms with van der Waals surface area (Å²) < 4.78 is 0. The van der Waals surface area contributed by atoms with Gasteiger partial charge < -0.3 is 9.80 Å². The normalized spacial score (nSPS) is 15.7. The van der Waals surface area contributed by atoms with Gasteiger partial charge in [0.25, 0.3) is 0 Å². The van der Waals surface area contributed by atoms with Crippen molar-refractivity contribution in [2.75, 3.05) is 31.1 Å². The highest BCUT2D eigenvalue weighted by Gasteiger charge is 2.26. The lowest BCUT2D eigenvalue weighted by Gasteiger charge is -2.36. The molecule has 0 aromatic heterocycles. The van der Waals surface area contributed by atoms with E-state index in [0.717, 1.165) is 36.4 Å². The summed E-state index contributed by atoms with van der Waals surface area (Å²) in [5.74, 6) is 0.354. The van der Waals surface area contributed by atoms with Crippen LogP contribution in [0.15, 0.2) is 24.3 Å². The van der Waals surface area contributed by atoms with Crippen molar-refractivity contribution in [2.24, 2.45) is 11.8 Å². The van der Waals surface area contributed by atoms with Gasteiger partial charge in [-0.15, -0.1) is 0 Å². The fraction of sp³-hybridized carbons (Fsp3) is 0.619. The maximum atomic E-state index is 12.5. The van der Waals surface area contributed by atoms with Gasteiger partial charge in [-0.3, -0.25) is 10.1 Å². The molecule has 3 amide bonds. The zero-order chi connectivity index (χ0) is 19.8. The maximum Gasteiger partial charge on any atom is 0.324 e. The van der Waals surface area contributed by atoms with E-state index in [1.165, 1.54) is 0 Å². The third-order valence-electron chi connectivity index (χ3n) is 5.09. The van der Waals surface area contributed by atoms with Gasteiger partial charge in [0.2, 0.25) is 5.91 Å². The number of nitrogens with zero attached hydrogens (tertiary/aromatic N) is 2. The number of hydrogen-bond donors (Lipinski definition) is 1. The molecule has 1 aliphatic heterocycles. The van der Waals surface area contributed by atoms with Crippen LogP contribution in [0.3, 0.4) is 0 Å². The molecular formula is C21H32ClN3O2. The molecule has 1 heterocycles. The average Bonchev–Trinajstić information content (AvgIpc) is 2.65. The van der Waals surface area contributed by atoms with Crippen LogP contribution in [0.1, 0.15) is 46.5 Å². The molecule has 1 saturated heterocycles. The van der Waals surface area contributed by atoms with Gasteiger partial charge in [0.05, 0.1) is 10.7 Å². The van der Waals surface area contributed by atoms with Crippen LogP contribution in [-0.2, 0) is 4.79 Å². The Bertz CT molecular complexity index is 628. The largest absolute Gasteiger partial charge is 0.367 e. The van der Waals surface area contributed by atoms with Crippen LogP contribution in [-0.4, -0.2) is 43.0 Å². The molecule has 5 nitrogen and oxygen atoms in total. The minimum atomic E-state index is -0.274. The van der Waals surface area contributed by atoms with E-state index < -0.39 is 0 Å². The zero-order valence-electron chi connectivity index (χ0n) is 16.7. The quantitative estimate of drug-likeness (QED) is 0.739. The molecule has 0 bridgehead atoms. The number of piperazine rings is 1. The molecule has 1 aliphatic rings. The lowest BCUT2D eigenvalue weighted by Crippen LogP contribution is -2.53. The molecule has 0 saturated carbocycles. The van der Waals surface area contributed by atoms with Crippen molar-refractivity contribution in [3.63, 3.8) is 0 Å². The van der Waals surface area contributed by atoms with E-state index in [9.17, 15) is 9.59 Å². The second kappa shape index (κ2) is 10.5. The molecule has 1 aromatic carbocycles. The second-order valence-corrected chi connectivity index (χ2v) is 8.08. The van der Waals surface area contributed by atoms with Crippen LogP contribution in [0, 0.1) is 11.8 Å². The van der Waals surface area contributed by atoms with E-state index in [2.05, 4.69) is 31.0 Å². The fourth-order valence-electron chi connectivity index (χ4n) is 3.43. The number of halogens is 1. The monoisotopic (exact) mass is 393 g/mol. The number of imide groups is 1. The molecule has 1 atom stereocenters. The molecule has 150 valence electrons. The van der Waals surface area contributed by atoms with Crippen molar-refractivity contribution in [3.8, 4) is 0 Å². The van der Waals surface area contributed by atoms with Crippen LogP contribution in [0.4, 0.5) is 10.5 Å². The van der Waals surface area contributed by atoms with Crippen LogP contribution in [0.2, 0.25) is 5.02 Å². The van der Waals surface area contributed by atoms with Crippen molar-refractivity contribution < 1.29 is 9.59 Å². The molecule has 1 fully saturated rings. The van der Waals surface area contributed by atoms with Gasteiger partial charge in [0.15, 0.2) is 0 Å². The SMILES string of the molecule is CCC[C@@H](CCC(C)C)C(=O)NC(=O)N1CCN(c2ccccc2Cl)CC1. The van der Waals surface area contributed by atoms with E-state index in [4.69, 9.17) is 11.6 Å². The Morgan fingerprint density at radius 1 is 1.07 bits per heavy atom. The molecule has 2 rings (SSSR count). The smallest absolute Gasteiger partial charge is 0.324 e.